The van der Waals surface area contributed by atoms with Crippen LogP contribution in [0.4, 0.5) is 0 Å². The van der Waals surface area contributed by atoms with Crippen LogP contribution in [0.15, 0.2) is 27.4 Å². The van der Waals surface area contributed by atoms with E-state index in [4.69, 9.17) is 13.9 Å². The van der Waals surface area contributed by atoms with Crippen LogP contribution in [0.2, 0.25) is 0 Å². The summed E-state index contributed by atoms with van der Waals surface area (Å²) < 4.78 is 15.3. The van der Waals surface area contributed by atoms with E-state index in [-0.39, 0.29) is 22.9 Å². The Kier molecular flexibility index (Phi) is 3.06. The van der Waals surface area contributed by atoms with Crippen LogP contribution in [0, 0.1) is 0 Å². The number of hydrogen-bond acceptors (Lipinski definition) is 5. The number of fused-ring (bicyclic) bond motifs is 1. The molecule has 0 unspecified atom stereocenters. The molecule has 18 heavy (non-hydrogen) atoms. The molecule has 0 aliphatic heterocycles. The van der Waals surface area contributed by atoms with Gasteiger partial charge in [0.25, 0.3) is 0 Å². The fraction of sp³-hybridized carbons (Fsp3) is 0.231. The maximum absolute atomic E-state index is 11.7. The van der Waals surface area contributed by atoms with E-state index >= 15 is 0 Å². The second kappa shape index (κ2) is 4.52. The van der Waals surface area contributed by atoms with Gasteiger partial charge in [-0.3, -0.25) is 4.79 Å². The summed E-state index contributed by atoms with van der Waals surface area (Å²) in [5.41, 5.74) is -0.117. The lowest BCUT2D eigenvalue weighted by atomic mass is 10.1. The van der Waals surface area contributed by atoms with E-state index in [9.17, 15) is 9.59 Å². The third-order valence-corrected chi connectivity index (χ3v) is 2.63. The van der Waals surface area contributed by atoms with Crippen LogP contribution in [-0.2, 0) is 0 Å². The fourth-order valence-corrected chi connectivity index (χ4v) is 1.84. The monoisotopic (exact) mass is 248 g/mol. The van der Waals surface area contributed by atoms with E-state index in [1.807, 2.05) is 0 Å². The molecule has 0 radical (unpaired) electrons. The number of Topliss-reactive ketones (excluding diaryl/α,β-unsaturated/α-hetero) is 1. The van der Waals surface area contributed by atoms with E-state index < -0.39 is 5.63 Å². The van der Waals surface area contributed by atoms with Crippen molar-refractivity contribution < 1.29 is 18.7 Å². The number of hydrogen-bond donors (Lipinski definition) is 0. The van der Waals surface area contributed by atoms with Gasteiger partial charge in [0.15, 0.2) is 17.1 Å². The first-order valence-electron chi connectivity index (χ1n) is 5.29. The number of carbonyl (C=O) groups excluding carboxylic acids is 1. The number of methoxy groups -OCH3 is 2. The predicted octanol–water partition coefficient (Wildman–Crippen LogP) is 2.01. The van der Waals surface area contributed by atoms with E-state index in [2.05, 4.69) is 0 Å². The molecule has 2 rings (SSSR count). The minimum atomic E-state index is -0.671. The number of ether oxygens (including phenoxy) is 2. The average Bonchev–Trinajstić information content (AvgIpc) is 2.36. The molecule has 0 bridgehead atoms. The molecule has 0 fully saturated rings. The fourth-order valence-electron chi connectivity index (χ4n) is 1.84. The van der Waals surface area contributed by atoms with Crippen molar-refractivity contribution in [3.63, 3.8) is 0 Å². The van der Waals surface area contributed by atoms with Crippen LogP contribution in [-0.4, -0.2) is 20.0 Å². The molecule has 1 aromatic heterocycles. The summed E-state index contributed by atoms with van der Waals surface area (Å²) in [4.78, 5) is 23.2. The summed E-state index contributed by atoms with van der Waals surface area (Å²) in [6.07, 6.45) is 0. The first kappa shape index (κ1) is 12.2. The average molecular weight is 248 g/mol. The van der Waals surface area contributed by atoms with Crippen LogP contribution in [0.1, 0.15) is 17.3 Å². The van der Waals surface area contributed by atoms with Crippen molar-refractivity contribution in [2.24, 2.45) is 0 Å². The number of ketones is 1. The van der Waals surface area contributed by atoms with E-state index in [0.717, 1.165) is 0 Å². The van der Waals surface area contributed by atoms with Gasteiger partial charge in [0.05, 0.1) is 25.2 Å². The lowest BCUT2D eigenvalue weighted by Gasteiger charge is -2.10. The second-order valence-electron chi connectivity index (χ2n) is 3.69. The number of rotatable bonds is 3. The van der Waals surface area contributed by atoms with Crippen molar-refractivity contribution in [2.75, 3.05) is 14.2 Å². The Morgan fingerprint density at radius 3 is 2.39 bits per heavy atom. The summed E-state index contributed by atoms with van der Waals surface area (Å²) in [6, 6.07) is 4.99. The summed E-state index contributed by atoms with van der Waals surface area (Å²) in [5.74, 6) is 0.0773. The molecule has 5 nitrogen and oxygen atoms in total. The van der Waals surface area contributed by atoms with Gasteiger partial charge in [-0.25, -0.2) is 4.79 Å². The smallest absolute Gasteiger partial charge is 0.383 e. The molecule has 0 aliphatic carbocycles. The largest absolute Gasteiger partial charge is 0.492 e. The molecule has 0 atom stereocenters. The Bertz CT molecular complexity index is 669. The summed E-state index contributed by atoms with van der Waals surface area (Å²) in [7, 11) is 2.78. The topological polar surface area (TPSA) is 65.7 Å². The Morgan fingerprint density at radius 1 is 1.17 bits per heavy atom. The van der Waals surface area contributed by atoms with Crippen molar-refractivity contribution in [3.05, 3.63) is 34.2 Å². The highest BCUT2D eigenvalue weighted by Gasteiger charge is 2.19. The summed E-state index contributed by atoms with van der Waals surface area (Å²) in [6.45, 7) is 1.41. The van der Waals surface area contributed by atoms with Gasteiger partial charge in [-0.15, -0.1) is 0 Å². The van der Waals surface area contributed by atoms with E-state index in [1.165, 1.54) is 21.1 Å². The zero-order valence-corrected chi connectivity index (χ0v) is 10.3. The van der Waals surface area contributed by atoms with Crippen molar-refractivity contribution in [3.8, 4) is 11.5 Å². The van der Waals surface area contributed by atoms with Crippen LogP contribution >= 0.6 is 0 Å². The van der Waals surface area contributed by atoms with Gasteiger partial charge >= 0.3 is 5.63 Å². The molecular formula is C13H12O5. The highest BCUT2D eigenvalue weighted by atomic mass is 16.5. The number of para-hydroxylation sites is 1. The zero-order valence-electron chi connectivity index (χ0n) is 10.3. The molecule has 0 amide bonds. The van der Waals surface area contributed by atoms with Crippen molar-refractivity contribution in [1.82, 2.24) is 0 Å². The van der Waals surface area contributed by atoms with Gasteiger partial charge in [0, 0.05) is 0 Å². The number of benzene rings is 1. The molecule has 1 aromatic carbocycles. The lowest BCUT2D eigenvalue weighted by Crippen LogP contribution is -2.08. The van der Waals surface area contributed by atoms with E-state index in [1.54, 1.807) is 18.2 Å². The highest BCUT2D eigenvalue weighted by Crippen LogP contribution is 2.33. The van der Waals surface area contributed by atoms with Gasteiger partial charge in [0.2, 0.25) is 5.75 Å². The summed E-state index contributed by atoms with van der Waals surface area (Å²) in [5, 5.41) is 0.529. The van der Waals surface area contributed by atoms with Gasteiger partial charge in [-0.2, -0.15) is 0 Å². The minimum Gasteiger partial charge on any atom is -0.492 e. The Hall–Kier alpha value is -2.30. The molecule has 0 saturated heterocycles. The van der Waals surface area contributed by atoms with Crippen molar-refractivity contribution in [1.29, 1.82) is 0 Å². The molecule has 0 spiro atoms. The summed E-state index contributed by atoms with van der Waals surface area (Å²) >= 11 is 0. The standard InChI is InChI=1S/C13H12O5/c1-7(14)8-5-4-6-9-10(8)18-13(15)12(17-3)11(9)16-2/h4-6H,1-3H3. The normalized spacial score (nSPS) is 10.4. The first-order valence-corrected chi connectivity index (χ1v) is 5.29. The van der Waals surface area contributed by atoms with Crippen molar-refractivity contribution in [2.45, 2.75) is 6.92 Å². The zero-order chi connectivity index (χ0) is 13.3. The minimum absolute atomic E-state index is 0.00861. The quantitative estimate of drug-likeness (QED) is 0.614. The van der Waals surface area contributed by atoms with Crippen LogP contribution in [0.5, 0.6) is 11.5 Å². The third kappa shape index (κ3) is 1.73. The molecule has 94 valence electrons. The number of carbonyl (C=O) groups is 1. The first-order chi connectivity index (χ1) is 8.60. The lowest BCUT2D eigenvalue weighted by molar-refractivity contribution is 0.101. The highest BCUT2D eigenvalue weighted by molar-refractivity contribution is 6.06. The van der Waals surface area contributed by atoms with Gasteiger partial charge in [-0.05, 0) is 19.1 Å². The Balaban J connectivity index is 2.96. The molecule has 0 N–H and O–H groups in total. The van der Waals surface area contributed by atoms with Gasteiger partial charge in [0.1, 0.15) is 0 Å². The third-order valence-electron chi connectivity index (χ3n) is 2.63. The predicted molar refractivity (Wildman–Crippen MR) is 65.6 cm³/mol. The Morgan fingerprint density at radius 2 is 1.83 bits per heavy atom. The Labute approximate surface area is 103 Å². The van der Waals surface area contributed by atoms with Crippen LogP contribution in [0.3, 0.4) is 0 Å². The molecule has 0 aliphatic rings. The molecule has 1 heterocycles. The SMILES string of the molecule is COc1c(OC)c2cccc(C(C)=O)c2oc1=O. The maximum atomic E-state index is 11.7. The molecule has 2 aromatic rings. The van der Waals surface area contributed by atoms with Gasteiger partial charge in [-0.1, -0.05) is 6.07 Å². The maximum Gasteiger partial charge on any atom is 0.383 e. The molecule has 5 heteroatoms. The van der Waals surface area contributed by atoms with Crippen LogP contribution in [0.25, 0.3) is 11.0 Å². The van der Waals surface area contributed by atoms with Crippen LogP contribution < -0.4 is 15.1 Å². The van der Waals surface area contributed by atoms with E-state index in [0.29, 0.717) is 10.9 Å². The molecule has 0 saturated carbocycles. The van der Waals surface area contributed by atoms with Crippen molar-refractivity contribution >= 4 is 16.8 Å². The second-order valence-corrected chi connectivity index (χ2v) is 3.69. The molecular weight excluding hydrogens is 236 g/mol. The van der Waals surface area contributed by atoms with Gasteiger partial charge < -0.3 is 13.9 Å².